The van der Waals surface area contributed by atoms with Gasteiger partial charge in [0.2, 0.25) is 0 Å². The van der Waals surface area contributed by atoms with Gasteiger partial charge in [-0.2, -0.15) is 0 Å². The molecule has 1 fully saturated rings. The SMILES string of the molecule is COc1ccc(CCN2C(=O)C(=O)/C(=C(\O)c3cccc4ccccc34)C2c2ccc(C(C)(C)C)cc2)cc1. The van der Waals surface area contributed by atoms with E-state index in [0.717, 1.165) is 33.2 Å². The minimum Gasteiger partial charge on any atom is -0.507 e. The summed E-state index contributed by atoms with van der Waals surface area (Å²) in [4.78, 5) is 28.6. The third kappa shape index (κ3) is 5.05. The maximum Gasteiger partial charge on any atom is 0.295 e. The Kier molecular flexibility index (Phi) is 7.00. The lowest BCUT2D eigenvalue weighted by atomic mass is 9.85. The molecule has 1 amide bonds. The van der Waals surface area contributed by atoms with Crippen molar-refractivity contribution in [2.75, 3.05) is 13.7 Å². The quantitative estimate of drug-likeness (QED) is 0.173. The molecule has 1 aliphatic heterocycles. The number of carbonyl (C=O) groups excluding carboxylic acids is 2. The average Bonchev–Trinajstić information content (AvgIpc) is 3.20. The molecule has 1 saturated heterocycles. The maximum absolute atomic E-state index is 13.5. The van der Waals surface area contributed by atoms with E-state index in [-0.39, 0.29) is 16.7 Å². The molecular formula is C34H33NO4. The Bertz CT molecular complexity index is 1550. The molecule has 1 unspecified atom stereocenters. The molecule has 0 spiro atoms. The minimum atomic E-state index is -0.698. The molecule has 0 bridgehead atoms. The molecule has 1 aliphatic rings. The van der Waals surface area contributed by atoms with Gasteiger partial charge < -0.3 is 14.7 Å². The third-order valence-corrected chi connectivity index (χ3v) is 7.48. The van der Waals surface area contributed by atoms with Crippen molar-refractivity contribution in [3.05, 3.63) is 119 Å². The summed E-state index contributed by atoms with van der Waals surface area (Å²) in [7, 11) is 1.62. The van der Waals surface area contributed by atoms with Crippen LogP contribution in [0, 0.1) is 0 Å². The van der Waals surface area contributed by atoms with E-state index in [9.17, 15) is 14.7 Å². The second kappa shape index (κ2) is 10.4. The summed E-state index contributed by atoms with van der Waals surface area (Å²) < 4.78 is 5.26. The highest BCUT2D eigenvalue weighted by Gasteiger charge is 2.46. The molecule has 0 radical (unpaired) electrons. The number of hydrogen-bond donors (Lipinski definition) is 1. The molecule has 1 atom stereocenters. The zero-order valence-corrected chi connectivity index (χ0v) is 22.8. The predicted octanol–water partition coefficient (Wildman–Crippen LogP) is 6.81. The lowest BCUT2D eigenvalue weighted by Crippen LogP contribution is -2.31. The van der Waals surface area contributed by atoms with Crippen LogP contribution in [0.1, 0.15) is 49.1 Å². The first-order valence-electron chi connectivity index (χ1n) is 13.2. The van der Waals surface area contributed by atoms with Gasteiger partial charge in [0.05, 0.1) is 18.7 Å². The van der Waals surface area contributed by atoms with Gasteiger partial charge in [-0.25, -0.2) is 0 Å². The second-order valence-electron chi connectivity index (χ2n) is 11.0. The molecule has 5 nitrogen and oxygen atoms in total. The van der Waals surface area contributed by atoms with Gasteiger partial charge in [-0.3, -0.25) is 9.59 Å². The van der Waals surface area contributed by atoms with Crippen LogP contribution in [0.3, 0.4) is 0 Å². The van der Waals surface area contributed by atoms with Crippen molar-refractivity contribution in [2.24, 2.45) is 0 Å². The Labute approximate surface area is 229 Å². The number of ketones is 1. The highest BCUT2D eigenvalue weighted by molar-refractivity contribution is 6.46. The number of rotatable bonds is 6. The Balaban J connectivity index is 1.61. The van der Waals surface area contributed by atoms with E-state index in [1.807, 2.05) is 84.9 Å². The fourth-order valence-corrected chi connectivity index (χ4v) is 5.24. The molecule has 0 aromatic heterocycles. The molecular weight excluding hydrogens is 486 g/mol. The number of hydrogen-bond acceptors (Lipinski definition) is 4. The van der Waals surface area contributed by atoms with Crippen molar-refractivity contribution in [3.8, 4) is 5.75 Å². The van der Waals surface area contributed by atoms with Crippen LogP contribution >= 0.6 is 0 Å². The van der Waals surface area contributed by atoms with Crippen LogP contribution in [-0.4, -0.2) is 35.4 Å². The number of benzene rings is 4. The first-order chi connectivity index (χ1) is 18.7. The van der Waals surface area contributed by atoms with E-state index >= 15 is 0 Å². The van der Waals surface area contributed by atoms with Crippen molar-refractivity contribution < 1.29 is 19.4 Å². The van der Waals surface area contributed by atoms with Crippen molar-refractivity contribution in [2.45, 2.75) is 38.6 Å². The Morgan fingerprint density at radius 2 is 1.54 bits per heavy atom. The predicted molar refractivity (Wildman–Crippen MR) is 155 cm³/mol. The normalized spacial score (nSPS) is 17.1. The number of fused-ring (bicyclic) bond motifs is 1. The van der Waals surface area contributed by atoms with Crippen LogP contribution in [0.2, 0.25) is 0 Å². The fourth-order valence-electron chi connectivity index (χ4n) is 5.24. The number of carbonyl (C=O) groups is 2. The molecule has 4 aromatic rings. The highest BCUT2D eigenvalue weighted by atomic mass is 16.5. The van der Waals surface area contributed by atoms with Gasteiger partial charge in [0.1, 0.15) is 11.5 Å². The summed E-state index contributed by atoms with van der Waals surface area (Å²) in [5, 5.41) is 13.4. The van der Waals surface area contributed by atoms with Crippen LogP contribution in [0.25, 0.3) is 16.5 Å². The van der Waals surface area contributed by atoms with Crippen LogP contribution in [-0.2, 0) is 21.4 Å². The molecule has 4 aromatic carbocycles. The Morgan fingerprint density at radius 3 is 2.21 bits per heavy atom. The van der Waals surface area contributed by atoms with Gasteiger partial charge in [0, 0.05) is 12.1 Å². The van der Waals surface area contributed by atoms with Gasteiger partial charge >= 0.3 is 0 Å². The molecule has 1 heterocycles. The standard InChI is InChI=1S/C34H33NO4/c1-34(2,3)25-16-14-24(15-17-25)30-29(31(36)28-11-7-9-23-8-5-6-10-27(23)28)32(37)33(38)35(30)21-20-22-12-18-26(39-4)19-13-22/h5-19,30,36H,20-21H2,1-4H3/b31-29-. The molecule has 39 heavy (non-hydrogen) atoms. The smallest absolute Gasteiger partial charge is 0.295 e. The van der Waals surface area contributed by atoms with E-state index in [1.54, 1.807) is 18.1 Å². The first-order valence-corrected chi connectivity index (χ1v) is 13.2. The van der Waals surface area contributed by atoms with Gasteiger partial charge in [0.15, 0.2) is 0 Å². The number of aliphatic hydroxyl groups is 1. The van der Waals surface area contributed by atoms with Gasteiger partial charge in [0.25, 0.3) is 11.7 Å². The number of aliphatic hydroxyl groups excluding tert-OH is 1. The topological polar surface area (TPSA) is 66.8 Å². The van der Waals surface area contributed by atoms with Gasteiger partial charge in [-0.15, -0.1) is 0 Å². The number of amides is 1. The molecule has 198 valence electrons. The van der Waals surface area contributed by atoms with Crippen molar-refractivity contribution in [1.29, 1.82) is 0 Å². The average molecular weight is 520 g/mol. The number of methoxy groups -OCH3 is 1. The number of nitrogens with zero attached hydrogens (tertiary/aromatic N) is 1. The first kappa shape index (κ1) is 26.2. The monoisotopic (exact) mass is 519 g/mol. The Hall–Kier alpha value is -4.38. The van der Waals surface area contributed by atoms with Crippen molar-refractivity contribution in [1.82, 2.24) is 4.90 Å². The second-order valence-corrected chi connectivity index (χ2v) is 11.0. The van der Waals surface area contributed by atoms with E-state index in [4.69, 9.17) is 4.74 Å². The van der Waals surface area contributed by atoms with Crippen LogP contribution in [0.4, 0.5) is 0 Å². The number of ether oxygens (including phenoxy) is 1. The highest BCUT2D eigenvalue weighted by Crippen LogP contribution is 2.41. The van der Waals surface area contributed by atoms with Crippen LogP contribution in [0.5, 0.6) is 5.75 Å². The van der Waals surface area contributed by atoms with Crippen molar-refractivity contribution >= 4 is 28.2 Å². The van der Waals surface area contributed by atoms with Crippen molar-refractivity contribution in [3.63, 3.8) is 0 Å². The van der Waals surface area contributed by atoms with E-state index in [0.29, 0.717) is 18.5 Å². The number of likely N-dealkylation sites (tertiary alicyclic amines) is 1. The summed E-state index contributed by atoms with van der Waals surface area (Å²) in [6.07, 6.45) is 0.557. The lowest BCUT2D eigenvalue weighted by Gasteiger charge is -2.26. The van der Waals surface area contributed by atoms with E-state index in [1.165, 1.54) is 0 Å². The molecule has 5 heteroatoms. The van der Waals surface area contributed by atoms with E-state index < -0.39 is 17.7 Å². The molecule has 0 aliphatic carbocycles. The summed E-state index contributed by atoms with van der Waals surface area (Å²) in [5.41, 5.74) is 3.58. The maximum atomic E-state index is 13.5. The van der Waals surface area contributed by atoms with Gasteiger partial charge in [-0.1, -0.05) is 99.6 Å². The summed E-state index contributed by atoms with van der Waals surface area (Å²) in [6.45, 7) is 6.76. The van der Waals surface area contributed by atoms with Crippen LogP contribution in [0.15, 0.2) is 96.6 Å². The zero-order valence-electron chi connectivity index (χ0n) is 22.8. The minimum absolute atomic E-state index is 0.0440. The number of Topliss-reactive ketones (excluding diaryl/α,β-unsaturated/α-hetero) is 1. The fraction of sp³-hybridized carbons (Fsp3) is 0.235. The molecule has 5 rings (SSSR count). The molecule has 1 N–H and O–H groups in total. The van der Waals surface area contributed by atoms with Crippen LogP contribution < -0.4 is 4.74 Å². The largest absolute Gasteiger partial charge is 0.507 e. The van der Waals surface area contributed by atoms with E-state index in [2.05, 4.69) is 20.8 Å². The zero-order chi connectivity index (χ0) is 27.7. The summed E-state index contributed by atoms with van der Waals surface area (Å²) >= 11 is 0. The summed E-state index contributed by atoms with van der Waals surface area (Å²) in [6, 6.07) is 28.3. The Morgan fingerprint density at radius 1 is 0.872 bits per heavy atom. The molecule has 0 saturated carbocycles. The summed E-state index contributed by atoms with van der Waals surface area (Å²) in [5.74, 6) is -0.662. The lowest BCUT2D eigenvalue weighted by molar-refractivity contribution is -0.139. The van der Waals surface area contributed by atoms with Gasteiger partial charge in [-0.05, 0) is 51.4 Å². The third-order valence-electron chi connectivity index (χ3n) is 7.48.